The molecule has 2 aromatic heterocycles. The van der Waals surface area contributed by atoms with E-state index in [1.807, 2.05) is 7.05 Å². The number of hydrogen-bond acceptors (Lipinski definition) is 4. The molecule has 2 heterocycles. The van der Waals surface area contributed by atoms with Crippen molar-refractivity contribution in [2.75, 3.05) is 12.4 Å². The summed E-state index contributed by atoms with van der Waals surface area (Å²) in [6.07, 6.45) is 1.60. The molecular formula is C8H11N5O. The number of fused-ring (bicyclic) bond motifs is 1. The van der Waals surface area contributed by atoms with Gasteiger partial charge in [0.05, 0.1) is 6.33 Å². The van der Waals surface area contributed by atoms with Crippen LogP contribution in [0.4, 0.5) is 5.95 Å². The first-order chi connectivity index (χ1) is 6.65. The lowest BCUT2D eigenvalue weighted by atomic mass is 10.5. The zero-order valence-electron chi connectivity index (χ0n) is 8.27. The second kappa shape index (κ2) is 2.83. The fourth-order valence-electron chi connectivity index (χ4n) is 1.46. The van der Waals surface area contributed by atoms with Crippen LogP contribution in [0, 0.1) is 0 Å². The van der Waals surface area contributed by atoms with E-state index >= 15 is 0 Å². The molecule has 0 aliphatic heterocycles. The Morgan fingerprint density at radius 3 is 2.79 bits per heavy atom. The Morgan fingerprint density at radius 2 is 2.14 bits per heavy atom. The van der Waals surface area contributed by atoms with Crippen molar-refractivity contribution in [1.82, 2.24) is 19.1 Å². The predicted molar refractivity (Wildman–Crippen MR) is 53.3 cm³/mol. The van der Waals surface area contributed by atoms with Gasteiger partial charge in [0.15, 0.2) is 11.2 Å². The summed E-state index contributed by atoms with van der Waals surface area (Å²) >= 11 is 0. The topological polar surface area (TPSA) is 64.7 Å². The molecule has 0 aliphatic rings. The standard InChI is InChI=1S/C8H11N5O/c1-9-8-11-7(14)5-6(13(8)3)10-4-12(5)2/h4H,1-3H3,(H,9,11,14). The zero-order valence-corrected chi connectivity index (χ0v) is 8.27. The highest BCUT2D eigenvalue weighted by atomic mass is 16.1. The summed E-state index contributed by atoms with van der Waals surface area (Å²) in [4.78, 5) is 19.6. The van der Waals surface area contributed by atoms with Gasteiger partial charge in [-0.3, -0.25) is 9.36 Å². The van der Waals surface area contributed by atoms with Gasteiger partial charge in [0, 0.05) is 21.1 Å². The summed E-state index contributed by atoms with van der Waals surface area (Å²) in [6, 6.07) is 0. The third-order valence-electron chi connectivity index (χ3n) is 2.19. The Balaban J connectivity index is 2.97. The lowest BCUT2D eigenvalue weighted by Gasteiger charge is -2.06. The minimum Gasteiger partial charge on any atom is -0.359 e. The normalized spacial score (nSPS) is 10.8. The fourth-order valence-corrected chi connectivity index (χ4v) is 1.46. The Bertz CT molecular complexity index is 538. The Hall–Kier alpha value is -1.85. The van der Waals surface area contributed by atoms with Crippen molar-refractivity contribution in [2.45, 2.75) is 0 Å². The fraction of sp³-hybridized carbons (Fsp3) is 0.375. The summed E-state index contributed by atoms with van der Waals surface area (Å²) in [5.74, 6) is 0.515. The van der Waals surface area contributed by atoms with Gasteiger partial charge in [-0.25, -0.2) is 4.98 Å². The van der Waals surface area contributed by atoms with Gasteiger partial charge >= 0.3 is 5.56 Å². The van der Waals surface area contributed by atoms with Crippen molar-refractivity contribution in [3.8, 4) is 0 Å². The van der Waals surface area contributed by atoms with Crippen molar-refractivity contribution in [2.24, 2.45) is 14.1 Å². The molecule has 1 N–H and O–H groups in total. The number of aryl methyl sites for hydroxylation is 2. The van der Waals surface area contributed by atoms with Crippen LogP contribution < -0.4 is 10.9 Å². The molecule has 0 spiro atoms. The van der Waals surface area contributed by atoms with Gasteiger partial charge in [-0.15, -0.1) is 0 Å². The quantitative estimate of drug-likeness (QED) is 0.675. The SMILES string of the molecule is CNc1nc(=O)c2c(ncn2C)n1C. The number of anilines is 1. The van der Waals surface area contributed by atoms with Crippen molar-refractivity contribution in [3.63, 3.8) is 0 Å². The maximum atomic E-state index is 11.6. The van der Waals surface area contributed by atoms with E-state index in [1.165, 1.54) is 0 Å². The first kappa shape index (κ1) is 8.74. The summed E-state index contributed by atoms with van der Waals surface area (Å²) in [5.41, 5.74) is 0.894. The van der Waals surface area contributed by atoms with Crippen LogP contribution in [-0.4, -0.2) is 26.1 Å². The number of imidazole rings is 1. The molecule has 0 atom stereocenters. The number of hydrogen-bond donors (Lipinski definition) is 1. The van der Waals surface area contributed by atoms with Crippen LogP contribution in [0.3, 0.4) is 0 Å². The second-order valence-corrected chi connectivity index (χ2v) is 3.08. The molecule has 0 saturated heterocycles. The summed E-state index contributed by atoms with van der Waals surface area (Å²) < 4.78 is 3.42. The molecule has 74 valence electrons. The maximum Gasteiger partial charge on any atom is 0.300 e. The molecule has 0 radical (unpaired) electrons. The Kier molecular flexibility index (Phi) is 1.77. The third-order valence-corrected chi connectivity index (χ3v) is 2.19. The monoisotopic (exact) mass is 193 g/mol. The van der Waals surface area contributed by atoms with Gasteiger partial charge in [0.1, 0.15) is 0 Å². The van der Waals surface area contributed by atoms with Crippen LogP contribution in [0.25, 0.3) is 11.2 Å². The van der Waals surface area contributed by atoms with Crippen molar-refractivity contribution < 1.29 is 0 Å². The summed E-state index contributed by atoms with van der Waals surface area (Å²) in [7, 11) is 5.31. The number of nitrogens with one attached hydrogen (secondary N) is 1. The molecule has 0 saturated carbocycles. The highest BCUT2D eigenvalue weighted by Crippen LogP contribution is 2.09. The highest BCUT2D eigenvalue weighted by molar-refractivity contribution is 5.71. The van der Waals surface area contributed by atoms with E-state index < -0.39 is 0 Å². The first-order valence-electron chi connectivity index (χ1n) is 4.21. The highest BCUT2D eigenvalue weighted by Gasteiger charge is 2.10. The van der Waals surface area contributed by atoms with Gasteiger partial charge in [-0.2, -0.15) is 4.98 Å². The maximum absolute atomic E-state index is 11.6. The van der Waals surface area contributed by atoms with E-state index in [-0.39, 0.29) is 5.56 Å². The average molecular weight is 193 g/mol. The molecule has 14 heavy (non-hydrogen) atoms. The van der Waals surface area contributed by atoms with Gasteiger partial charge in [-0.05, 0) is 0 Å². The van der Waals surface area contributed by atoms with Crippen LogP contribution in [-0.2, 0) is 14.1 Å². The van der Waals surface area contributed by atoms with Gasteiger partial charge in [-0.1, -0.05) is 0 Å². The van der Waals surface area contributed by atoms with Gasteiger partial charge < -0.3 is 9.88 Å². The average Bonchev–Trinajstić information content (AvgIpc) is 2.54. The van der Waals surface area contributed by atoms with Crippen LogP contribution in [0.15, 0.2) is 11.1 Å². The van der Waals surface area contributed by atoms with Crippen molar-refractivity contribution >= 4 is 17.1 Å². The van der Waals surface area contributed by atoms with E-state index in [4.69, 9.17) is 0 Å². The van der Waals surface area contributed by atoms with Crippen LogP contribution in [0.5, 0.6) is 0 Å². The lowest BCUT2D eigenvalue weighted by molar-refractivity contribution is 0.890. The van der Waals surface area contributed by atoms with E-state index in [0.717, 1.165) is 0 Å². The minimum atomic E-state index is -0.262. The molecule has 0 amide bonds. The lowest BCUT2D eigenvalue weighted by Crippen LogP contribution is -2.17. The van der Waals surface area contributed by atoms with Gasteiger partial charge in [0.2, 0.25) is 5.95 Å². The molecule has 6 heteroatoms. The minimum absolute atomic E-state index is 0.262. The summed E-state index contributed by atoms with van der Waals surface area (Å²) in [5, 5.41) is 2.84. The molecule has 0 aliphatic carbocycles. The third kappa shape index (κ3) is 1.00. The van der Waals surface area contributed by atoms with Crippen molar-refractivity contribution in [3.05, 3.63) is 16.7 Å². The van der Waals surface area contributed by atoms with Gasteiger partial charge in [0.25, 0.3) is 0 Å². The second-order valence-electron chi connectivity index (χ2n) is 3.08. The van der Waals surface area contributed by atoms with Crippen LogP contribution >= 0.6 is 0 Å². The Labute approximate surface area is 80.2 Å². The van der Waals surface area contributed by atoms with E-state index in [9.17, 15) is 4.79 Å². The first-order valence-corrected chi connectivity index (χ1v) is 4.21. The van der Waals surface area contributed by atoms with E-state index in [1.54, 1.807) is 29.6 Å². The predicted octanol–water partition coefficient (Wildman–Crippen LogP) is -0.291. The molecule has 0 aromatic carbocycles. The number of rotatable bonds is 1. The number of aromatic nitrogens is 4. The molecule has 6 nitrogen and oxygen atoms in total. The van der Waals surface area contributed by atoms with Crippen LogP contribution in [0.1, 0.15) is 0 Å². The molecule has 2 aromatic rings. The van der Waals surface area contributed by atoms with Crippen molar-refractivity contribution in [1.29, 1.82) is 0 Å². The molecule has 0 bridgehead atoms. The molecule has 2 rings (SSSR count). The molecule has 0 unspecified atom stereocenters. The smallest absolute Gasteiger partial charge is 0.300 e. The number of nitrogens with zero attached hydrogens (tertiary/aromatic N) is 4. The molecule has 0 fully saturated rings. The van der Waals surface area contributed by atoms with E-state index in [2.05, 4.69) is 15.3 Å². The zero-order chi connectivity index (χ0) is 10.3. The van der Waals surface area contributed by atoms with Crippen LogP contribution in [0.2, 0.25) is 0 Å². The largest absolute Gasteiger partial charge is 0.359 e. The molecular weight excluding hydrogens is 182 g/mol. The Morgan fingerprint density at radius 1 is 1.43 bits per heavy atom. The summed E-state index contributed by atoms with van der Waals surface area (Å²) in [6.45, 7) is 0. The van der Waals surface area contributed by atoms with E-state index in [0.29, 0.717) is 17.1 Å².